The summed E-state index contributed by atoms with van der Waals surface area (Å²) < 4.78 is 69.4. The molecule has 0 saturated carbocycles. The number of carbonyl (C=O) groups excluding carboxylic acids is 2. The maximum Gasteiger partial charge on any atom is 0.490 e. The van der Waals surface area contributed by atoms with Crippen LogP contribution in [0.1, 0.15) is 23.5 Å². The molecule has 1 unspecified atom stereocenters. The molecular weight excluding hydrogens is 596 g/mol. The number of halogens is 6. The Morgan fingerprint density at radius 2 is 1.49 bits per heavy atom. The van der Waals surface area contributed by atoms with E-state index in [-0.39, 0.29) is 18.4 Å². The Balaban J connectivity index is 0.000000384. The minimum atomic E-state index is -5.08. The second-order valence-electron chi connectivity index (χ2n) is 8.59. The SMILES string of the molecule is O=C(CN1CCC(c2ccc(OCc3ccnc4ccccc34)cc2)C1=O)NO.O=C(O)C(F)(F)F.O=C(O)C(F)(F)F. The molecule has 43 heavy (non-hydrogen) atoms. The summed E-state index contributed by atoms with van der Waals surface area (Å²) in [4.78, 5) is 47.4. The highest BCUT2D eigenvalue weighted by molar-refractivity contribution is 5.90. The number of alkyl halides is 6. The number of hydroxylamine groups is 1. The summed E-state index contributed by atoms with van der Waals surface area (Å²) >= 11 is 0. The molecule has 0 radical (unpaired) electrons. The summed E-state index contributed by atoms with van der Waals surface area (Å²) in [6, 6.07) is 17.4. The van der Waals surface area contributed by atoms with Crippen molar-refractivity contribution in [2.75, 3.05) is 13.1 Å². The van der Waals surface area contributed by atoms with Gasteiger partial charge >= 0.3 is 24.3 Å². The quantitative estimate of drug-likeness (QED) is 0.182. The standard InChI is InChI=1S/C22H21N3O4.2C2HF3O2/c26-21(24-28)13-25-12-10-19(22(25)27)15-5-7-17(8-6-15)29-14-16-9-11-23-20-4-2-1-3-18(16)20;2*3-2(4,5)1(6)7/h1-9,11,19,28H,10,12-14H2,(H,24,26);2*(H,6,7). The summed E-state index contributed by atoms with van der Waals surface area (Å²) in [7, 11) is 0. The first-order valence-electron chi connectivity index (χ1n) is 11.9. The molecule has 11 nitrogen and oxygen atoms in total. The Bertz CT molecular complexity index is 1400. The number of aliphatic carboxylic acids is 2. The number of fused-ring (bicyclic) bond motifs is 1. The lowest BCUT2D eigenvalue weighted by molar-refractivity contribution is -0.193. The largest absolute Gasteiger partial charge is 0.490 e. The van der Waals surface area contributed by atoms with E-state index in [2.05, 4.69) is 4.98 Å². The van der Waals surface area contributed by atoms with Crippen LogP contribution in [-0.2, 0) is 25.8 Å². The smallest absolute Gasteiger partial charge is 0.489 e. The number of amides is 2. The number of likely N-dealkylation sites (tertiary alicyclic amines) is 1. The third kappa shape index (κ3) is 10.4. The molecule has 2 heterocycles. The number of hydrogen-bond donors (Lipinski definition) is 4. The first-order chi connectivity index (χ1) is 20.0. The molecule has 1 aromatic heterocycles. The molecular formula is C26H23F6N3O8. The lowest BCUT2D eigenvalue weighted by Gasteiger charge is -2.15. The number of aromatic nitrogens is 1. The number of carboxylic acids is 2. The van der Waals surface area contributed by atoms with Gasteiger partial charge < -0.3 is 19.8 Å². The van der Waals surface area contributed by atoms with E-state index in [9.17, 15) is 35.9 Å². The third-order valence-corrected chi connectivity index (χ3v) is 5.66. The van der Waals surface area contributed by atoms with Crippen molar-refractivity contribution < 1.29 is 65.7 Å². The third-order valence-electron chi connectivity index (χ3n) is 5.66. The molecule has 1 aliphatic heterocycles. The lowest BCUT2D eigenvalue weighted by Crippen LogP contribution is -2.37. The van der Waals surface area contributed by atoms with Crippen molar-refractivity contribution in [3.63, 3.8) is 0 Å². The van der Waals surface area contributed by atoms with Gasteiger partial charge in [0.25, 0.3) is 5.91 Å². The fourth-order valence-electron chi connectivity index (χ4n) is 3.65. The molecule has 1 atom stereocenters. The monoisotopic (exact) mass is 619 g/mol. The number of nitrogens with one attached hydrogen (secondary N) is 1. The van der Waals surface area contributed by atoms with Crippen LogP contribution >= 0.6 is 0 Å². The number of nitrogens with zero attached hydrogens (tertiary/aromatic N) is 2. The molecule has 1 aliphatic rings. The maximum atomic E-state index is 12.5. The first kappa shape index (κ1) is 34.3. The van der Waals surface area contributed by atoms with Crippen LogP contribution in [-0.4, -0.2) is 74.5 Å². The van der Waals surface area contributed by atoms with Gasteiger partial charge in [0, 0.05) is 23.7 Å². The van der Waals surface area contributed by atoms with Gasteiger partial charge in [0.05, 0.1) is 11.4 Å². The number of para-hydroxylation sites is 1. The van der Waals surface area contributed by atoms with Gasteiger partial charge in [-0.2, -0.15) is 26.3 Å². The van der Waals surface area contributed by atoms with Crippen LogP contribution in [0.25, 0.3) is 10.9 Å². The molecule has 17 heteroatoms. The highest BCUT2D eigenvalue weighted by Crippen LogP contribution is 2.30. The summed E-state index contributed by atoms with van der Waals surface area (Å²) in [5.74, 6) is -5.77. The van der Waals surface area contributed by atoms with Crippen LogP contribution in [0.5, 0.6) is 5.75 Å². The van der Waals surface area contributed by atoms with Crippen molar-refractivity contribution in [1.29, 1.82) is 0 Å². The molecule has 3 aromatic rings. The molecule has 4 N–H and O–H groups in total. The van der Waals surface area contributed by atoms with Crippen LogP contribution < -0.4 is 10.2 Å². The number of carboxylic acid groups (broad SMARTS) is 2. The minimum absolute atomic E-state index is 0.106. The van der Waals surface area contributed by atoms with E-state index in [1.165, 1.54) is 4.90 Å². The zero-order chi connectivity index (χ0) is 32.4. The van der Waals surface area contributed by atoms with Crippen molar-refractivity contribution in [1.82, 2.24) is 15.4 Å². The Labute approximate surface area is 238 Å². The molecule has 0 aliphatic carbocycles. The van der Waals surface area contributed by atoms with E-state index in [1.54, 1.807) is 11.7 Å². The van der Waals surface area contributed by atoms with Crippen LogP contribution in [0.15, 0.2) is 60.8 Å². The molecule has 2 amide bonds. The van der Waals surface area contributed by atoms with Crippen LogP contribution in [0.4, 0.5) is 26.3 Å². The molecule has 1 fully saturated rings. The zero-order valence-electron chi connectivity index (χ0n) is 21.7. The predicted molar refractivity (Wildman–Crippen MR) is 134 cm³/mol. The Kier molecular flexibility index (Phi) is 11.8. The second kappa shape index (κ2) is 14.8. The fourth-order valence-corrected chi connectivity index (χ4v) is 3.65. The Morgan fingerprint density at radius 1 is 0.930 bits per heavy atom. The molecule has 4 rings (SSSR count). The second-order valence-corrected chi connectivity index (χ2v) is 8.59. The Morgan fingerprint density at radius 3 is 2.02 bits per heavy atom. The van der Waals surface area contributed by atoms with Crippen molar-refractivity contribution in [3.05, 3.63) is 71.9 Å². The maximum absolute atomic E-state index is 12.5. The average Bonchev–Trinajstić information content (AvgIpc) is 3.31. The number of benzene rings is 2. The number of rotatable bonds is 6. The van der Waals surface area contributed by atoms with Gasteiger partial charge in [-0.3, -0.25) is 19.8 Å². The van der Waals surface area contributed by atoms with Gasteiger partial charge in [0.15, 0.2) is 0 Å². The van der Waals surface area contributed by atoms with Crippen molar-refractivity contribution in [2.24, 2.45) is 0 Å². The van der Waals surface area contributed by atoms with E-state index in [4.69, 9.17) is 29.7 Å². The molecule has 232 valence electrons. The van der Waals surface area contributed by atoms with Crippen molar-refractivity contribution in [2.45, 2.75) is 31.3 Å². The molecule has 0 bridgehead atoms. The van der Waals surface area contributed by atoms with Gasteiger partial charge in [-0.15, -0.1) is 0 Å². The molecule has 2 aromatic carbocycles. The summed E-state index contributed by atoms with van der Waals surface area (Å²) in [6.45, 7) is 0.784. The lowest BCUT2D eigenvalue weighted by atomic mass is 9.98. The van der Waals surface area contributed by atoms with E-state index < -0.39 is 30.2 Å². The van der Waals surface area contributed by atoms with E-state index in [0.717, 1.165) is 27.8 Å². The minimum Gasteiger partial charge on any atom is -0.489 e. The number of pyridine rings is 1. The van der Waals surface area contributed by atoms with Crippen molar-refractivity contribution in [3.8, 4) is 5.75 Å². The number of carbonyl (C=O) groups is 4. The highest BCUT2D eigenvalue weighted by atomic mass is 19.4. The number of hydrogen-bond acceptors (Lipinski definition) is 7. The first-order valence-corrected chi connectivity index (χ1v) is 11.9. The fraction of sp³-hybridized carbons (Fsp3) is 0.269. The van der Waals surface area contributed by atoms with Gasteiger partial charge in [0.1, 0.15) is 18.9 Å². The van der Waals surface area contributed by atoms with Crippen LogP contribution in [0, 0.1) is 0 Å². The van der Waals surface area contributed by atoms with Gasteiger partial charge in [-0.05, 0) is 36.2 Å². The zero-order valence-corrected chi connectivity index (χ0v) is 21.7. The molecule has 0 spiro atoms. The van der Waals surface area contributed by atoms with Crippen LogP contribution in [0.3, 0.4) is 0 Å². The van der Waals surface area contributed by atoms with E-state index in [1.807, 2.05) is 54.6 Å². The summed E-state index contributed by atoms with van der Waals surface area (Å²) in [5.41, 5.74) is 4.44. The van der Waals surface area contributed by atoms with E-state index in [0.29, 0.717) is 19.6 Å². The normalized spacial score (nSPS) is 14.6. The molecule has 1 saturated heterocycles. The summed E-state index contributed by atoms with van der Waals surface area (Å²) in [5, 5.41) is 23.9. The van der Waals surface area contributed by atoms with Crippen molar-refractivity contribution >= 4 is 34.7 Å². The Hall–Kier alpha value is -4.93. The van der Waals surface area contributed by atoms with E-state index >= 15 is 0 Å². The van der Waals surface area contributed by atoms with Crippen LogP contribution in [0.2, 0.25) is 0 Å². The topological polar surface area (TPSA) is 166 Å². The van der Waals surface area contributed by atoms with Gasteiger partial charge in [-0.25, -0.2) is 15.1 Å². The van der Waals surface area contributed by atoms with Gasteiger partial charge in [0.2, 0.25) is 5.91 Å². The average molecular weight is 619 g/mol. The predicted octanol–water partition coefficient (Wildman–Crippen LogP) is 3.90. The van der Waals surface area contributed by atoms with Gasteiger partial charge in [-0.1, -0.05) is 30.3 Å². The highest BCUT2D eigenvalue weighted by Gasteiger charge is 2.39. The summed E-state index contributed by atoms with van der Waals surface area (Å²) in [6.07, 6.45) is -7.75. The number of ether oxygens (including phenoxy) is 1.